The molecule has 1 aromatic heterocycles. The van der Waals surface area contributed by atoms with Crippen LogP contribution in [0.15, 0.2) is 107 Å². The third-order valence-electron chi connectivity index (χ3n) is 5.70. The van der Waals surface area contributed by atoms with Gasteiger partial charge < -0.3 is 4.42 Å². The van der Waals surface area contributed by atoms with Crippen LogP contribution in [0.25, 0.3) is 23.1 Å². The minimum atomic E-state index is -0.440. The van der Waals surface area contributed by atoms with Crippen molar-refractivity contribution in [3.63, 3.8) is 0 Å². The second kappa shape index (κ2) is 8.67. The number of nitro groups is 1. The summed E-state index contributed by atoms with van der Waals surface area (Å²) in [6, 6.07) is 27.3. The molecule has 0 bridgehead atoms. The van der Waals surface area contributed by atoms with Crippen LogP contribution in [-0.2, 0) is 4.79 Å². The van der Waals surface area contributed by atoms with E-state index in [1.165, 1.54) is 12.1 Å². The number of non-ortho nitro benzene ring substituents is 1. The minimum absolute atomic E-state index is 0.0177. The number of aryl methyl sites for hydroxylation is 1. The summed E-state index contributed by atoms with van der Waals surface area (Å²) in [6.45, 7) is 1.98. The molecule has 166 valence electrons. The zero-order valence-corrected chi connectivity index (χ0v) is 18.3. The van der Waals surface area contributed by atoms with Gasteiger partial charge in [-0.05, 0) is 60.5 Å². The molecule has 0 saturated carbocycles. The van der Waals surface area contributed by atoms with E-state index >= 15 is 0 Å². The van der Waals surface area contributed by atoms with Crippen molar-refractivity contribution >= 4 is 29.1 Å². The number of benzene rings is 3. The van der Waals surface area contributed by atoms with Crippen LogP contribution in [0, 0.1) is 17.0 Å². The maximum atomic E-state index is 13.5. The van der Waals surface area contributed by atoms with Crippen LogP contribution in [0.4, 0.5) is 11.4 Å². The molecule has 6 heteroatoms. The Morgan fingerprint density at radius 3 is 2.26 bits per heavy atom. The van der Waals surface area contributed by atoms with Crippen LogP contribution in [0.1, 0.15) is 16.9 Å². The van der Waals surface area contributed by atoms with Crippen LogP contribution in [0.3, 0.4) is 0 Å². The van der Waals surface area contributed by atoms with Gasteiger partial charge >= 0.3 is 0 Å². The number of carbonyl (C=O) groups excluding carboxylic acids is 1. The Kier molecular flexibility index (Phi) is 5.40. The first kappa shape index (κ1) is 21.2. The largest absolute Gasteiger partial charge is 0.457 e. The highest BCUT2D eigenvalue weighted by Crippen LogP contribution is 2.37. The number of rotatable bonds is 5. The van der Waals surface area contributed by atoms with E-state index in [9.17, 15) is 14.9 Å². The Labute approximate surface area is 196 Å². The lowest BCUT2D eigenvalue weighted by molar-refractivity contribution is -0.384. The van der Waals surface area contributed by atoms with Crippen molar-refractivity contribution in [2.45, 2.75) is 6.92 Å². The highest BCUT2D eigenvalue weighted by molar-refractivity contribution is 6.23. The van der Waals surface area contributed by atoms with Crippen LogP contribution in [0.5, 0.6) is 0 Å². The van der Waals surface area contributed by atoms with Gasteiger partial charge in [-0.15, -0.1) is 0 Å². The summed E-state index contributed by atoms with van der Waals surface area (Å²) in [6.07, 6.45) is 3.59. The lowest BCUT2D eigenvalue weighted by Crippen LogP contribution is -2.25. The quantitative estimate of drug-likeness (QED) is 0.195. The van der Waals surface area contributed by atoms with Gasteiger partial charge in [-0.2, -0.15) is 0 Å². The van der Waals surface area contributed by atoms with E-state index in [2.05, 4.69) is 0 Å². The van der Waals surface area contributed by atoms with Gasteiger partial charge in [0.05, 0.1) is 16.3 Å². The van der Waals surface area contributed by atoms with Gasteiger partial charge in [0.15, 0.2) is 0 Å². The molecule has 1 aliphatic rings. The second-order valence-electron chi connectivity index (χ2n) is 7.93. The molecule has 0 radical (unpaired) electrons. The first-order valence-corrected chi connectivity index (χ1v) is 10.7. The molecule has 34 heavy (non-hydrogen) atoms. The van der Waals surface area contributed by atoms with E-state index in [0.717, 1.165) is 28.1 Å². The Balaban J connectivity index is 1.52. The van der Waals surface area contributed by atoms with Gasteiger partial charge in [-0.25, -0.2) is 0 Å². The van der Waals surface area contributed by atoms with E-state index < -0.39 is 4.92 Å². The van der Waals surface area contributed by atoms with E-state index in [0.29, 0.717) is 17.1 Å². The monoisotopic (exact) mass is 448 g/mol. The third kappa shape index (κ3) is 3.93. The number of hydrogen-bond donors (Lipinski definition) is 0. The first-order valence-electron chi connectivity index (χ1n) is 10.7. The smallest absolute Gasteiger partial charge is 0.269 e. The number of para-hydroxylation sites is 1. The number of amides is 1. The molecule has 0 saturated heterocycles. The molecule has 2 heterocycles. The fourth-order valence-electron chi connectivity index (χ4n) is 3.98. The van der Waals surface area contributed by atoms with E-state index in [4.69, 9.17) is 4.42 Å². The molecule has 4 aromatic rings. The van der Waals surface area contributed by atoms with Crippen molar-refractivity contribution in [2.24, 2.45) is 0 Å². The second-order valence-corrected chi connectivity index (χ2v) is 7.93. The molecular formula is C28H20N2O4. The highest BCUT2D eigenvalue weighted by atomic mass is 16.6. The highest BCUT2D eigenvalue weighted by Gasteiger charge is 2.31. The topological polar surface area (TPSA) is 76.6 Å². The summed E-state index contributed by atoms with van der Waals surface area (Å²) in [5.41, 5.74) is 4.81. The van der Waals surface area contributed by atoms with Crippen LogP contribution in [-0.4, -0.2) is 10.8 Å². The molecule has 0 unspecified atom stereocenters. The average molecular weight is 448 g/mol. The summed E-state index contributed by atoms with van der Waals surface area (Å²) in [7, 11) is 0. The number of carbonyl (C=O) groups is 1. The Morgan fingerprint density at radius 2 is 1.56 bits per heavy atom. The molecule has 1 amide bonds. The zero-order valence-electron chi connectivity index (χ0n) is 18.3. The van der Waals surface area contributed by atoms with Crippen molar-refractivity contribution < 1.29 is 14.1 Å². The molecule has 6 nitrogen and oxygen atoms in total. The molecule has 0 atom stereocenters. The molecule has 0 aliphatic carbocycles. The lowest BCUT2D eigenvalue weighted by atomic mass is 10.1. The molecule has 5 rings (SSSR count). The Bertz CT molecular complexity index is 1450. The fraction of sp³-hybridized carbons (Fsp3) is 0.0357. The standard InChI is InChI=1S/C28H20N2O4/c1-19-7-5-6-10-25(19)29-26(20-8-3-2-4-9-20)18-22(28(29)31)17-24-15-16-27(34-24)21-11-13-23(14-12-21)30(32)33/h2-18H,1H3/b22-17+. The maximum absolute atomic E-state index is 13.5. The number of nitro benzene ring substituents is 1. The predicted octanol–water partition coefficient (Wildman–Crippen LogP) is 6.63. The van der Waals surface area contributed by atoms with Crippen molar-refractivity contribution in [2.75, 3.05) is 4.90 Å². The van der Waals surface area contributed by atoms with Crippen molar-refractivity contribution in [1.29, 1.82) is 0 Å². The van der Waals surface area contributed by atoms with Crippen LogP contribution >= 0.6 is 0 Å². The van der Waals surface area contributed by atoms with Gasteiger partial charge in [0.1, 0.15) is 11.5 Å². The Hall–Kier alpha value is -4.71. The van der Waals surface area contributed by atoms with Gasteiger partial charge in [0, 0.05) is 23.3 Å². The summed E-state index contributed by atoms with van der Waals surface area (Å²) < 4.78 is 5.94. The van der Waals surface area contributed by atoms with E-state index in [-0.39, 0.29) is 11.6 Å². The zero-order chi connectivity index (χ0) is 23.7. The molecule has 0 fully saturated rings. The molecule has 3 aromatic carbocycles. The van der Waals surface area contributed by atoms with Crippen molar-refractivity contribution in [3.8, 4) is 11.3 Å². The molecule has 0 N–H and O–H groups in total. The summed E-state index contributed by atoms with van der Waals surface area (Å²) in [4.78, 5) is 25.7. The number of anilines is 1. The summed E-state index contributed by atoms with van der Waals surface area (Å²) in [5.74, 6) is 0.948. The van der Waals surface area contributed by atoms with Crippen LogP contribution in [0.2, 0.25) is 0 Å². The SMILES string of the molecule is Cc1ccccc1N1C(=O)/C(=C/c2ccc(-c3ccc([N+](=O)[O-])cc3)o2)C=C1c1ccccc1. The predicted molar refractivity (Wildman–Crippen MR) is 132 cm³/mol. The Morgan fingerprint density at radius 1 is 0.853 bits per heavy atom. The molecule has 0 spiro atoms. The van der Waals surface area contributed by atoms with Gasteiger partial charge in [-0.3, -0.25) is 19.8 Å². The number of furan rings is 1. The summed E-state index contributed by atoms with van der Waals surface area (Å²) >= 11 is 0. The summed E-state index contributed by atoms with van der Waals surface area (Å²) in [5, 5.41) is 10.9. The average Bonchev–Trinajstić information content (AvgIpc) is 3.45. The number of hydrogen-bond acceptors (Lipinski definition) is 4. The normalized spacial score (nSPS) is 14.5. The van der Waals surface area contributed by atoms with E-state index in [1.807, 2.05) is 67.6 Å². The number of nitrogens with zero attached hydrogens (tertiary/aromatic N) is 2. The lowest BCUT2D eigenvalue weighted by Gasteiger charge is -2.22. The van der Waals surface area contributed by atoms with Gasteiger partial charge in [0.2, 0.25) is 0 Å². The van der Waals surface area contributed by atoms with Crippen molar-refractivity contribution in [1.82, 2.24) is 0 Å². The first-order chi connectivity index (χ1) is 16.5. The van der Waals surface area contributed by atoms with Gasteiger partial charge in [0.25, 0.3) is 11.6 Å². The maximum Gasteiger partial charge on any atom is 0.269 e. The minimum Gasteiger partial charge on any atom is -0.457 e. The van der Waals surface area contributed by atoms with Gasteiger partial charge in [-0.1, -0.05) is 48.5 Å². The van der Waals surface area contributed by atoms with E-state index in [1.54, 1.807) is 35.2 Å². The fourth-order valence-corrected chi connectivity index (χ4v) is 3.98. The van der Waals surface area contributed by atoms with Crippen molar-refractivity contribution in [3.05, 3.63) is 130 Å². The third-order valence-corrected chi connectivity index (χ3v) is 5.70. The molecular weight excluding hydrogens is 428 g/mol. The van der Waals surface area contributed by atoms with Crippen LogP contribution < -0.4 is 4.90 Å². The molecule has 1 aliphatic heterocycles.